The van der Waals surface area contributed by atoms with Crippen molar-refractivity contribution in [3.05, 3.63) is 20.5 Å². The van der Waals surface area contributed by atoms with Crippen molar-refractivity contribution in [2.45, 2.75) is 6.54 Å². The summed E-state index contributed by atoms with van der Waals surface area (Å²) in [6.07, 6.45) is 0. The van der Waals surface area contributed by atoms with Crippen LogP contribution in [0.4, 0.5) is 0 Å². The largest absolute Gasteiger partial charge is 0.141 e. The average molecular weight is 176 g/mol. The first-order chi connectivity index (χ1) is 4.84. The van der Waals surface area contributed by atoms with Crippen molar-refractivity contribution < 1.29 is 0 Å². The van der Waals surface area contributed by atoms with Crippen molar-refractivity contribution in [2.24, 2.45) is 5.11 Å². The topological polar surface area (TPSA) is 74.5 Å². The van der Waals surface area contributed by atoms with Gasteiger partial charge in [-0.25, -0.2) is 0 Å². The van der Waals surface area contributed by atoms with Crippen molar-refractivity contribution in [3.63, 3.8) is 0 Å². The van der Waals surface area contributed by atoms with Crippen LogP contribution in [0.5, 0.6) is 0 Å². The van der Waals surface area contributed by atoms with E-state index in [0.29, 0.717) is 10.0 Å². The second kappa shape index (κ2) is 3.36. The number of azide groups is 1. The minimum absolute atomic E-state index is 0.172. The Bertz CT molecular complexity index is 264. The molecule has 5 nitrogen and oxygen atoms in total. The third-order valence-corrected chi connectivity index (χ3v) is 1.78. The number of hydrogen-bond acceptors (Lipinski definition) is 4. The Morgan fingerprint density at radius 2 is 2.60 bits per heavy atom. The SMILES string of the molecule is [N-]=[N+]=NCc1nnsc1Cl. The van der Waals surface area contributed by atoms with E-state index in [4.69, 9.17) is 17.1 Å². The number of hydrogen-bond donors (Lipinski definition) is 0. The molecule has 0 bridgehead atoms. The Labute approximate surface area is 65.4 Å². The molecule has 1 heterocycles. The minimum atomic E-state index is 0.172. The zero-order valence-electron chi connectivity index (χ0n) is 4.73. The predicted octanol–water partition coefficient (Wildman–Crippen LogP) is 2.00. The molecule has 0 aliphatic carbocycles. The summed E-state index contributed by atoms with van der Waals surface area (Å²) < 4.78 is 4.03. The highest BCUT2D eigenvalue weighted by molar-refractivity contribution is 7.10. The molecule has 1 rings (SSSR count). The first-order valence-electron chi connectivity index (χ1n) is 2.32. The predicted molar refractivity (Wildman–Crippen MR) is 37.8 cm³/mol. The molecule has 7 heteroatoms. The van der Waals surface area contributed by atoms with E-state index in [1.807, 2.05) is 0 Å². The molecule has 0 aromatic carbocycles. The zero-order chi connectivity index (χ0) is 7.40. The number of nitrogens with zero attached hydrogens (tertiary/aromatic N) is 5. The molecule has 0 aliphatic rings. The maximum Gasteiger partial charge on any atom is 0.137 e. The lowest BCUT2D eigenvalue weighted by atomic mass is 10.5. The maximum absolute atomic E-state index is 7.93. The van der Waals surface area contributed by atoms with Gasteiger partial charge < -0.3 is 0 Å². The van der Waals surface area contributed by atoms with E-state index in [1.54, 1.807) is 0 Å². The van der Waals surface area contributed by atoms with Crippen molar-refractivity contribution in [2.75, 3.05) is 0 Å². The molecule has 0 amide bonds. The summed E-state index contributed by atoms with van der Waals surface area (Å²) >= 11 is 6.66. The third kappa shape index (κ3) is 1.57. The van der Waals surface area contributed by atoms with Gasteiger partial charge in [0.25, 0.3) is 0 Å². The molecule has 0 atom stereocenters. The third-order valence-electron chi connectivity index (χ3n) is 0.793. The molecular weight excluding hydrogens is 174 g/mol. The van der Waals surface area contributed by atoms with Gasteiger partial charge >= 0.3 is 0 Å². The molecule has 0 unspecified atom stereocenters. The quantitative estimate of drug-likeness (QED) is 0.392. The molecule has 0 radical (unpaired) electrons. The molecule has 0 aliphatic heterocycles. The van der Waals surface area contributed by atoms with Crippen molar-refractivity contribution in [1.29, 1.82) is 0 Å². The fourth-order valence-corrected chi connectivity index (χ4v) is 1.00. The normalized spacial score (nSPS) is 8.90. The van der Waals surface area contributed by atoms with Crippen LogP contribution in [-0.4, -0.2) is 9.59 Å². The van der Waals surface area contributed by atoms with Gasteiger partial charge in [0.1, 0.15) is 10.0 Å². The molecule has 0 N–H and O–H groups in total. The number of rotatable bonds is 2. The molecule has 0 spiro atoms. The van der Waals surface area contributed by atoms with E-state index >= 15 is 0 Å². The van der Waals surface area contributed by atoms with Gasteiger partial charge in [0.2, 0.25) is 0 Å². The summed E-state index contributed by atoms with van der Waals surface area (Å²) in [5.41, 5.74) is 8.46. The van der Waals surface area contributed by atoms with Gasteiger partial charge in [0.15, 0.2) is 0 Å². The summed E-state index contributed by atoms with van der Waals surface area (Å²) in [4.78, 5) is 2.55. The molecule has 0 saturated carbocycles. The van der Waals surface area contributed by atoms with Crippen LogP contribution < -0.4 is 0 Å². The van der Waals surface area contributed by atoms with Crippen LogP contribution >= 0.6 is 23.1 Å². The fraction of sp³-hybridized carbons (Fsp3) is 0.333. The minimum Gasteiger partial charge on any atom is -0.141 e. The molecule has 1 aromatic heterocycles. The average Bonchev–Trinajstić information content (AvgIpc) is 2.31. The molecule has 10 heavy (non-hydrogen) atoms. The second-order valence-electron chi connectivity index (χ2n) is 1.38. The first-order valence-corrected chi connectivity index (χ1v) is 3.47. The van der Waals surface area contributed by atoms with Crippen LogP contribution in [0.3, 0.4) is 0 Å². The van der Waals surface area contributed by atoms with Crippen LogP contribution in [0.25, 0.3) is 10.4 Å². The van der Waals surface area contributed by atoms with E-state index in [9.17, 15) is 0 Å². The van der Waals surface area contributed by atoms with Crippen molar-refractivity contribution >= 4 is 23.1 Å². The molecule has 0 fully saturated rings. The summed E-state index contributed by atoms with van der Waals surface area (Å²) in [6.45, 7) is 0.172. The Balaban J connectivity index is 2.74. The van der Waals surface area contributed by atoms with Crippen LogP contribution in [-0.2, 0) is 6.54 Å². The highest BCUT2D eigenvalue weighted by Gasteiger charge is 2.01. The summed E-state index contributed by atoms with van der Waals surface area (Å²) in [6, 6.07) is 0. The molecule has 1 aromatic rings. The standard InChI is InChI=1S/C3H2ClN5S/c4-3-2(1-6-8-5)7-9-10-3/h1H2. The highest BCUT2D eigenvalue weighted by Crippen LogP contribution is 2.17. The maximum atomic E-state index is 7.93. The lowest BCUT2D eigenvalue weighted by Crippen LogP contribution is -1.79. The van der Waals surface area contributed by atoms with Gasteiger partial charge in [-0.1, -0.05) is 21.2 Å². The van der Waals surface area contributed by atoms with Crippen LogP contribution in [0.1, 0.15) is 5.69 Å². The van der Waals surface area contributed by atoms with E-state index in [0.717, 1.165) is 11.5 Å². The summed E-state index contributed by atoms with van der Waals surface area (Å²) in [7, 11) is 0. The number of halogens is 1. The molecule has 0 saturated heterocycles. The van der Waals surface area contributed by atoms with Gasteiger partial charge in [-0.05, 0) is 5.53 Å². The van der Waals surface area contributed by atoms with Crippen LogP contribution in [0.2, 0.25) is 4.34 Å². The molecular formula is C3H2ClN5S. The van der Waals surface area contributed by atoms with Gasteiger partial charge in [-0.2, -0.15) is 0 Å². The van der Waals surface area contributed by atoms with Crippen LogP contribution in [0.15, 0.2) is 5.11 Å². The molecule has 52 valence electrons. The Morgan fingerprint density at radius 1 is 1.80 bits per heavy atom. The van der Waals surface area contributed by atoms with Crippen molar-refractivity contribution in [3.8, 4) is 0 Å². The highest BCUT2D eigenvalue weighted by atomic mass is 35.5. The summed E-state index contributed by atoms with van der Waals surface area (Å²) in [5.74, 6) is 0. The van der Waals surface area contributed by atoms with E-state index < -0.39 is 0 Å². The number of aromatic nitrogens is 2. The second-order valence-corrected chi connectivity index (χ2v) is 2.74. The van der Waals surface area contributed by atoms with Crippen LogP contribution in [0, 0.1) is 0 Å². The monoisotopic (exact) mass is 175 g/mol. The fourth-order valence-electron chi connectivity index (χ4n) is 0.390. The summed E-state index contributed by atoms with van der Waals surface area (Å²) in [5, 5.41) is 6.90. The smallest absolute Gasteiger partial charge is 0.137 e. The Morgan fingerprint density at radius 3 is 3.10 bits per heavy atom. The lowest BCUT2D eigenvalue weighted by molar-refractivity contribution is 0.947. The first kappa shape index (κ1) is 7.27. The van der Waals surface area contributed by atoms with E-state index in [-0.39, 0.29) is 6.54 Å². The van der Waals surface area contributed by atoms with E-state index in [2.05, 4.69) is 19.6 Å². The van der Waals surface area contributed by atoms with Gasteiger partial charge in [0, 0.05) is 16.4 Å². The Hall–Kier alpha value is -0.840. The van der Waals surface area contributed by atoms with E-state index in [1.165, 1.54) is 0 Å². The lowest BCUT2D eigenvalue weighted by Gasteiger charge is -1.82. The Kier molecular flexibility index (Phi) is 2.44. The zero-order valence-corrected chi connectivity index (χ0v) is 6.30. The van der Waals surface area contributed by atoms with Crippen molar-refractivity contribution in [1.82, 2.24) is 9.59 Å². The van der Waals surface area contributed by atoms with Gasteiger partial charge in [-0.15, -0.1) is 5.10 Å². The van der Waals surface area contributed by atoms with Gasteiger partial charge in [-0.3, -0.25) is 0 Å². The van der Waals surface area contributed by atoms with Gasteiger partial charge in [0.05, 0.1) is 6.54 Å².